The van der Waals surface area contributed by atoms with E-state index in [0.717, 1.165) is 39.0 Å². The van der Waals surface area contributed by atoms with E-state index in [0.29, 0.717) is 18.1 Å². The number of rotatable bonds is 6. The SMILES string of the molecule is NC(=O)c1ccc(-c2cc(CNc3nncc(-c4cccc5ccccc45)n3)[nH]n2)cc1. The van der Waals surface area contributed by atoms with Crippen molar-refractivity contribution >= 4 is 22.6 Å². The molecule has 2 aromatic heterocycles. The van der Waals surface area contributed by atoms with Gasteiger partial charge >= 0.3 is 0 Å². The second-order valence-corrected chi connectivity index (χ2v) is 7.27. The number of nitrogens with one attached hydrogen (secondary N) is 2. The van der Waals surface area contributed by atoms with Crippen LogP contribution in [0.5, 0.6) is 0 Å². The lowest BCUT2D eigenvalue weighted by atomic mass is 10.0. The van der Waals surface area contributed by atoms with Gasteiger partial charge < -0.3 is 11.1 Å². The summed E-state index contributed by atoms with van der Waals surface area (Å²) in [5.74, 6) is -0.0276. The summed E-state index contributed by atoms with van der Waals surface area (Å²) in [5.41, 5.74) is 10.0. The predicted molar refractivity (Wildman–Crippen MR) is 123 cm³/mol. The number of hydrogen-bond donors (Lipinski definition) is 3. The van der Waals surface area contributed by atoms with E-state index in [1.807, 2.05) is 42.5 Å². The Hall–Kier alpha value is -4.59. The summed E-state index contributed by atoms with van der Waals surface area (Å²) in [6, 6.07) is 23.2. The molecule has 0 saturated heterocycles. The predicted octanol–water partition coefficient (Wildman–Crippen LogP) is 3.79. The molecule has 0 aliphatic heterocycles. The van der Waals surface area contributed by atoms with Gasteiger partial charge in [0.2, 0.25) is 11.9 Å². The number of carbonyl (C=O) groups is 1. The summed E-state index contributed by atoms with van der Waals surface area (Å²) in [6.45, 7) is 0.451. The van der Waals surface area contributed by atoms with E-state index in [9.17, 15) is 4.79 Å². The van der Waals surface area contributed by atoms with Crippen molar-refractivity contribution in [1.29, 1.82) is 0 Å². The van der Waals surface area contributed by atoms with Crippen molar-refractivity contribution in [3.8, 4) is 22.5 Å². The van der Waals surface area contributed by atoms with Gasteiger partial charge in [-0.25, -0.2) is 4.98 Å². The highest BCUT2D eigenvalue weighted by Crippen LogP contribution is 2.27. The Morgan fingerprint density at radius 1 is 0.969 bits per heavy atom. The molecule has 32 heavy (non-hydrogen) atoms. The lowest BCUT2D eigenvalue weighted by Gasteiger charge is -2.07. The zero-order chi connectivity index (χ0) is 21.9. The normalized spacial score (nSPS) is 10.9. The first-order chi connectivity index (χ1) is 15.7. The quantitative estimate of drug-likeness (QED) is 0.383. The molecule has 2 heterocycles. The summed E-state index contributed by atoms with van der Waals surface area (Å²) in [7, 11) is 0. The van der Waals surface area contributed by atoms with Crippen LogP contribution in [0.1, 0.15) is 16.1 Å². The average Bonchev–Trinajstić information content (AvgIpc) is 3.32. The van der Waals surface area contributed by atoms with Gasteiger partial charge in [0.15, 0.2) is 0 Å². The van der Waals surface area contributed by atoms with Gasteiger partial charge in [-0.2, -0.15) is 10.2 Å². The molecule has 0 spiro atoms. The van der Waals surface area contributed by atoms with E-state index in [-0.39, 0.29) is 0 Å². The van der Waals surface area contributed by atoms with Crippen molar-refractivity contribution in [3.05, 3.63) is 90.3 Å². The minimum atomic E-state index is -0.456. The number of nitrogens with zero attached hydrogens (tertiary/aromatic N) is 4. The Labute approximate surface area is 183 Å². The Kier molecular flexibility index (Phi) is 5.01. The molecular formula is C24H19N7O. The first-order valence-corrected chi connectivity index (χ1v) is 10.0. The maximum absolute atomic E-state index is 11.2. The molecule has 4 N–H and O–H groups in total. The highest BCUT2D eigenvalue weighted by Gasteiger charge is 2.09. The first-order valence-electron chi connectivity index (χ1n) is 10.0. The van der Waals surface area contributed by atoms with Crippen LogP contribution in [0.4, 0.5) is 5.95 Å². The highest BCUT2D eigenvalue weighted by molar-refractivity contribution is 5.95. The van der Waals surface area contributed by atoms with E-state index in [1.165, 1.54) is 0 Å². The van der Waals surface area contributed by atoms with Crippen molar-refractivity contribution in [2.75, 3.05) is 5.32 Å². The highest BCUT2D eigenvalue weighted by atomic mass is 16.1. The summed E-state index contributed by atoms with van der Waals surface area (Å²) >= 11 is 0. The lowest BCUT2D eigenvalue weighted by molar-refractivity contribution is 0.100. The molecule has 0 saturated carbocycles. The van der Waals surface area contributed by atoms with Crippen molar-refractivity contribution in [2.45, 2.75) is 6.54 Å². The van der Waals surface area contributed by atoms with E-state index in [1.54, 1.807) is 18.3 Å². The molecule has 156 valence electrons. The number of fused-ring (bicyclic) bond motifs is 1. The van der Waals surface area contributed by atoms with Gasteiger partial charge in [0.05, 0.1) is 29.8 Å². The molecule has 1 amide bonds. The number of carbonyl (C=O) groups excluding carboxylic acids is 1. The van der Waals surface area contributed by atoms with Gasteiger partial charge in [-0.05, 0) is 29.0 Å². The van der Waals surface area contributed by atoms with Crippen LogP contribution in [0.2, 0.25) is 0 Å². The molecule has 3 aromatic carbocycles. The first kappa shape index (κ1) is 19.4. The number of hydrogen-bond acceptors (Lipinski definition) is 6. The van der Waals surface area contributed by atoms with Gasteiger partial charge in [-0.3, -0.25) is 9.89 Å². The number of H-pyrrole nitrogens is 1. The molecule has 0 bridgehead atoms. The zero-order valence-corrected chi connectivity index (χ0v) is 17.0. The van der Waals surface area contributed by atoms with Crippen molar-refractivity contribution in [3.63, 3.8) is 0 Å². The fourth-order valence-electron chi connectivity index (χ4n) is 3.54. The molecule has 5 rings (SSSR count). The minimum Gasteiger partial charge on any atom is -0.366 e. The maximum Gasteiger partial charge on any atom is 0.248 e. The third-order valence-electron chi connectivity index (χ3n) is 5.16. The maximum atomic E-state index is 11.2. The smallest absolute Gasteiger partial charge is 0.248 e. The van der Waals surface area contributed by atoms with Gasteiger partial charge in [0.1, 0.15) is 0 Å². The number of primary amides is 1. The standard InChI is InChI=1S/C24H19N7O/c25-23(32)17-10-8-16(9-11-17)21-12-18(29-30-21)13-26-24-28-22(14-27-31-24)20-7-3-5-15-4-1-2-6-19(15)20/h1-12,14H,13H2,(H2,25,32)(H,29,30)(H,26,28,31). The lowest BCUT2D eigenvalue weighted by Crippen LogP contribution is -2.10. The molecule has 0 fully saturated rings. The molecule has 0 radical (unpaired) electrons. The molecule has 8 nitrogen and oxygen atoms in total. The van der Waals surface area contributed by atoms with Crippen molar-refractivity contribution in [1.82, 2.24) is 25.4 Å². The van der Waals surface area contributed by atoms with Gasteiger partial charge in [-0.15, -0.1) is 5.10 Å². The third-order valence-corrected chi connectivity index (χ3v) is 5.16. The molecule has 0 atom stereocenters. The zero-order valence-electron chi connectivity index (χ0n) is 17.0. The van der Waals surface area contributed by atoms with E-state index in [2.05, 4.69) is 48.9 Å². The number of benzene rings is 3. The molecule has 8 heteroatoms. The van der Waals surface area contributed by atoms with Crippen LogP contribution in [0.15, 0.2) is 79.0 Å². The van der Waals surface area contributed by atoms with Crippen LogP contribution < -0.4 is 11.1 Å². The minimum absolute atomic E-state index is 0.428. The van der Waals surface area contributed by atoms with Crippen LogP contribution in [0.25, 0.3) is 33.3 Å². The Morgan fingerprint density at radius 2 is 1.78 bits per heavy atom. The fourth-order valence-corrected chi connectivity index (χ4v) is 3.54. The van der Waals surface area contributed by atoms with Gasteiger partial charge in [0.25, 0.3) is 0 Å². The van der Waals surface area contributed by atoms with E-state index in [4.69, 9.17) is 5.73 Å². The monoisotopic (exact) mass is 421 g/mol. The van der Waals surface area contributed by atoms with Gasteiger partial charge in [0, 0.05) is 16.7 Å². The summed E-state index contributed by atoms with van der Waals surface area (Å²) < 4.78 is 0. The second-order valence-electron chi connectivity index (χ2n) is 7.27. The Balaban J connectivity index is 1.32. The Morgan fingerprint density at radius 3 is 2.62 bits per heavy atom. The third kappa shape index (κ3) is 3.89. The van der Waals surface area contributed by atoms with Crippen LogP contribution in [-0.2, 0) is 6.54 Å². The van der Waals surface area contributed by atoms with Crippen LogP contribution in [-0.4, -0.2) is 31.3 Å². The second kappa shape index (κ2) is 8.27. The van der Waals surface area contributed by atoms with E-state index >= 15 is 0 Å². The largest absolute Gasteiger partial charge is 0.366 e. The number of amides is 1. The van der Waals surface area contributed by atoms with Crippen molar-refractivity contribution < 1.29 is 4.79 Å². The summed E-state index contributed by atoms with van der Waals surface area (Å²) in [4.78, 5) is 15.9. The summed E-state index contributed by atoms with van der Waals surface area (Å²) in [5, 5.41) is 21.0. The number of aromatic amines is 1. The molecule has 0 aliphatic carbocycles. The summed E-state index contributed by atoms with van der Waals surface area (Å²) in [6.07, 6.45) is 1.66. The van der Waals surface area contributed by atoms with Crippen LogP contribution in [0, 0.1) is 0 Å². The van der Waals surface area contributed by atoms with E-state index < -0.39 is 5.91 Å². The topological polar surface area (TPSA) is 122 Å². The fraction of sp³-hybridized carbons (Fsp3) is 0.0417. The molecular weight excluding hydrogens is 402 g/mol. The molecule has 5 aromatic rings. The Bertz CT molecular complexity index is 1400. The van der Waals surface area contributed by atoms with Crippen LogP contribution in [0.3, 0.4) is 0 Å². The molecule has 0 unspecified atom stereocenters. The molecule has 0 aliphatic rings. The number of nitrogens with two attached hydrogens (primary N) is 1. The van der Waals surface area contributed by atoms with Crippen molar-refractivity contribution in [2.24, 2.45) is 5.73 Å². The average molecular weight is 421 g/mol. The van der Waals surface area contributed by atoms with Crippen LogP contribution >= 0.6 is 0 Å². The number of anilines is 1. The number of aromatic nitrogens is 5. The van der Waals surface area contributed by atoms with Gasteiger partial charge in [-0.1, -0.05) is 54.6 Å².